The highest BCUT2D eigenvalue weighted by Gasteiger charge is 2.07. The molecule has 0 fully saturated rings. The van der Waals surface area contributed by atoms with Gasteiger partial charge >= 0.3 is 5.97 Å². The minimum atomic E-state index is -0.0157. The van der Waals surface area contributed by atoms with Gasteiger partial charge in [-0.1, -0.05) is 52.9 Å². The molecule has 0 saturated carbocycles. The van der Waals surface area contributed by atoms with Gasteiger partial charge in [-0.3, -0.25) is 4.79 Å². The van der Waals surface area contributed by atoms with Gasteiger partial charge in [0.25, 0.3) is 0 Å². The van der Waals surface area contributed by atoms with E-state index in [1.807, 2.05) is 0 Å². The number of esters is 1. The number of carbonyl (C=O) groups is 1. The highest BCUT2D eigenvalue weighted by molar-refractivity contribution is 5.69. The van der Waals surface area contributed by atoms with E-state index in [9.17, 15) is 4.79 Å². The zero-order valence-electron chi connectivity index (χ0n) is 10.6. The molecule has 0 spiro atoms. The summed E-state index contributed by atoms with van der Waals surface area (Å²) >= 11 is 0. The maximum absolute atomic E-state index is 11.3. The van der Waals surface area contributed by atoms with E-state index in [0.717, 1.165) is 25.7 Å². The third-order valence-electron chi connectivity index (χ3n) is 2.87. The van der Waals surface area contributed by atoms with Gasteiger partial charge in [-0.25, -0.2) is 0 Å². The molecule has 0 saturated heterocycles. The van der Waals surface area contributed by atoms with Crippen molar-refractivity contribution in [2.24, 2.45) is 5.92 Å². The van der Waals surface area contributed by atoms with E-state index in [2.05, 4.69) is 20.8 Å². The van der Waals surface area contributed by atoms with Gasteiger partial charge in [0, 0.05) is 6.42 Å². The summed E-state index contributed by atoms with van der Waals surface area (Å²) < 4.78 is 5.23. The van der Waals surface area contributed by atoms with E-state index in [0.29, 0.717) is 18.9 Å². The van der Waals surface area contributed by atoms with Gasteiger partial charge in [-0.05, 0) is 12.3 Å². The van der Waals surface area contributed by atoms with E-state index in [1.54, 1.807) is 0 Å². The molecule has 2 nitrogen and oxygen atoms in total. The number of hydrogen-bond donors (Lipinski definition) is 0. The predicted molar refractivity (Wildman–Crippen MR) is 63.8 cm³/mol. The van der Waals surface area contributed by atoms with E-state index >= 15 is 0 Å². The predicted octanol–water partition coefficient (Wildman–Crippen LogP) is 3.94. The molecule has 0 aliphatic carbocycles. The Morgan fingerprint density at radius 3 is 2.27 bits per heavy atom. The van der Waals surface area contributed by atoms with Crippen LogP contribution in [0.15, 0.2) is 0 Å². The van der Waals surface area contributed by atoms with Gasteiger partial charge < -0.3 is 4.74 Å². The smallest absolute Gasteiger partial charge is 0.305 e. The van der Waals surface area contributed by atoms with Crippen LogP contribution in [0.2, 0.25) is 0 Å². The second-order valence-electron chi connectivity index (χ2n) is 4.18. The number of rotatable bonds is 9. The number of hydrogen-bond acceptors (Lipinski definition) is 2. The van der Waals surface area contributed by atoms with Gasteiger partial charge in [0.15, 0.2) is 0 Å². The minimum absolute atomic E-state index is 0.0157. The second kappa shape index (κ2) is 10.0. The summed E-state index contributed by atoms with van der Waals surface area (Å²) in [6.07, 6.45) is 7.36. The first-order chi connectivity index (χ1) is 7.24. The Balaban J connectivity index is 3.40. The van der Waals surface area contributed by atoms with Crippen molar-refractivity contribution < 1.29 is 9.53 Å². The Morgan fingerprint density at radius 1 is 1.07 bits per heavy atom. The summed E-state index contributed by atoms with van der Waals surface area (Å²) in [5, 5.41) is 0. The van der Waals surface area contributed by atoms with E-state index < -0.39 is 0 Å². The number of carbonyl (C=O) groups excluding carboxylic acids is 1. The Labute approximate surface area is 94.4 Å². The van der Waals surface area contributed by atoms with E-state index in [-0.39, 0.29) is 5.97 Å². The molecule has 0 N–H and O–H groups in total. The van der Waals surface area contributed by atoms with Gasteiger partial charge in [0.2, 0.25) is 0 Å². The summed E-state index contributed by atoms with van der Waals surface area (Å²) in [5.74, 6) is 0.530. The Hall–Kier alpha value is -0.530. The van der Waals surface area contributed by atoms with Crippen molar-refractivity contribution in [3.05, 3.63) is 0 Å². The molecule has 0 rings (SSSR count). The molecule has 0 atom stereocenters. The quantitative estimate of drug-likeness (QED) is 0.429. The summed E-state index contributed by atoms with van der Waals surface area (Å²) in [6.45, 7) is 7.07. The van der Waals surface area contributed by atoms with E-state index in [4.69, 9.17) is 4.74 Å². The second-order valence-corrected chi connectivity index (χ2v) is 4.18. The number of ether oxygens (including phenoxy) is 1. The van der Waals surface area contributed by atoms with Crippen LogP contribution in [-0.2, 0) is 9.53 Å². The van der Waals surface area contributed by atoms with Crippen molar-refractivity contribution in [2.45, 2.75) is 65.7 Å². The maximum Gasteiger partial charge on any atom is 0.305 e. The van der Waals surface area contributed by atoms with Crippen molar-refractivity contribution in [2.75, 3.05) is 6.61 Å². The van der Waals surface area contributed by atoms with Crippen molar-refractivity contribution in [3.63, 3.8) is 0 Å². The molecule has 0 aromatic carbocycles. The standard InChI is InChI=1S/C13H26O2/c1-4-7-8-9-10-13(14)15-11-12(5-2)6-3/h12H,4-11H2,1-3H3. The third kappa shape index (κ3) is 8.46. The molecule has 90 valence electrons. The summed E-state index contributed by atoms with van der Waals surface area (Å²) in [6, 6.07) is 0. The fourth-order valence-corrected chi connectivity index (χ4v) is 1.50. The first-order valence-electron chi connectivity index (χ1n) is 6.40. The van der Waals surface area contributed by atoms with Gasteiger partial charge in [-0.15, -0.1) is 0 Å². The highest BCUT2D eigenvalue weighted by Crippen LogP contribution is 2.09. The fraction of sp³-hybridized carbons (Fsp3) is 0.923. The van der Waals surface area contributed by atoms with Crippen LogP contribution in [0, 0.1) is 5.92 Å². The van der Waals surface area contributed by atoms with Crippen LogP contribution in [0.4, 0.5) is 0 Å². The lowest BCUT2D eigenvalue weighted by Crippen LogP contribution is -2.12. The lowest BCUT2D eigenvalue weighted by Gasteiger charge is -2.12. The lowest BCUT2D eigenvalue weighted by atomic mass is 10.1. The van der Waals surface area contributed by atoms with Crippen LogP contribution in [-0.4, -0.2) is 12.6 Å². The summed E-state index contributed by atoms with van der Waals surface area (Å²) in [4.78, 5) is 11.3. The van der Waals surface area contributed by atoms with Crippen LogP contribution in [0.25, 0.3) is 0 Å². The maximum atomic E-state index is 11.3. The molecule has 0 heterocycles. The van der Waals surface area contributed by atoms with E-state index in [1.165, 1.54) is 12.8 Å². The zero-order chi connectivity index (χ0) is 11.5. The summed E-state index contributed by atoms with van der Waals surface area (Å²) in [7, 11) is 0. The average Bonchev–Trinajstić information content (AvgIpc) is 2.26. The first kappa shape index (κ1) is 14.5. The third-order valence-corrected chi connectivity index (χ3v) is 2.87. The van der Waals surface area contributed by atoms with Crippen molar-refractivity contribution >= 4 is 5.97 Å². The average molecular weight is 214 g/mol. The molecule has 2 heteroatoms. The molecule has 0 radical (unpaired) electrons. The van der Waals surface area contributed by atoms with Crippen LogP contribution in [0.3, 0.4) is 0 Å². The lowest BCUT2D eigenvalue weighted by molar-refractivity contribution is -0.145. The molecule has 0 unspecified atom stereocenters. The Kier molecular flexibility index (Phi) is 9.65. The molecule has 0 aromatic heterocycles. The fourth-order valence-electron chi connectivity index (χ4n) is 1.50. The molecule has 15 heavy (non-hydrogen) atoms. The molecular formula is C13H26O2. The summed E-state index contributed by atoms with van der Waals surface area (Å²) in [5.41, 5.74) is 0. The highest BCUT2D eigenvalue weighted by atomic mass is 16.5. The molecular weight excluding hydrogens is 188 g/mol. The first-order valence-corrected chi connectivity index (χ1v) is 6.40. The van der Waals surface area contributed by atoms with Crippen LogP contribution < -0.4 is 0 Å². The molecule has 0 amide bonds. The van der Waals surface area contributed by atoms with Crippen LogP contribution in [0.1, 0.15) is 65.7 Å². The van der Waals surface area contributed by atoms with Crippen molar-refractivity contribution in [1.29, 1.82) is 0 Å². The van der Waals surface area contributed by atoms with Gasteiger partial charge in [0.1, 0.15) is 0 Å². The molecule has 0 aromatic rings. The minimum Gasteiger partial charge on any atom is -0.465 e. The van der Waals surface area contributed by atoms with Crippen molar-refractivity contribution in [1.82, 2.24) is 0 Å². The molecule has 0 aliphatic rings. The van der Waals surface area contributed by atoms with Gasteiger partial charge in [0.05, 0.1) is 6.61 Å². The largest absolute Gasteiger partial charge is 0.465 e. The SMILES string of the molecule is CCCCCCC(=O)OCC(CC)CC. The van der Waals surface area contributed by atoms with Crippen LogP contribution >= 0.6 is 0 Å². The molecule has 0 bridgehead atoms. The monoisotopic (exact) mass is 214 g/mol. The topological polar surface area (TPSA) is 26.3 Å². The molecule has 0 aliphatic heterocycles. The van der Waals surface area contributed by atoms with Crippen LogP contribution in [0.5, 0.6) is 0 Å². The van der Waals surface area contributed by atoms with Gasteiger partial charge in [-0.2, -0.15) is 0 Å². The number of unbranched alkanes of at least 4 members (excludes halogenated alkanes) is 3. The Bertz CT molecular complexity index is 151. The van der Waals surface area contributed by atoms with Crippen molar-refractivity contribution in [3.8, 4) is 0 Å². The Morgan fingerprint density at radius 2 is 1.73 bits per heavy atom. The normalized spacial score (nSPS) is 10.7. The zero-order valence-corrected chi connectivity index (χ0v) is 10.6.